The van der Waals surface area contributed by atoms with Crippen molar-refractivity contribution in [1.82, 2.24) is 4.98 Å². The molecule has 1 heterocycles. The SMILES string of the molecule is Cc1c[c]([Sn]([CH3])([CH3])[CH3])c(C)cn1. The number of aryl methyl sites for hydroxylation is 2. The summed E-state index contributed by atoms with van der Waals surface area (Å²) in [5.74, 6) is 0. The van der Waals surface area contributed by atoms with E-state index >= 15 is 0 Å². The van der Waals surface area contributed by atoms with E-state index in [9.17, 15) is 0 Å². The first-order chi connectivity index (χ1) is 5.41. The molecule has 12 heavy (non-hydrogen) atoms. The van der Waals surface area contributed by atoms with Crippen molar-refractivity contribution in [2.45, 2.75) is 28.7 Å². The van der Waals surface area contributed by atoms with Gasteiger partial charge in [-0.25, -0.2) is 0 Å². The van der Waals surface area contributed by atoms with Crippen molar-refractivity contribution in [2.75, 3.05) is 0 Å². The van der Waals surface area contributed by atoms with Gasteiger partial charge in [-0.2, -0.15) is 0 Å². The Labute approximate surface area is 79.1 Å². The molecule has 0 aliphatic heterocycles. The van der Waals surface area contributed by atoms with Crippen molar-refractivity contribution in [1.29, 1.82) is 0 Å². The number of rotatable bonds is 1. The minimum atomic E-state index is -1.86. The van der Waals surface area contributed by atoms with Gasteiger partial charge in [0.05, 0.1) is 0 Å². The van der Waals surface area contributed by atoms with Gasteiger partial charge in [0, 0.05) is 0 Å². The van der Waals surface area contributed by atoms with Gasteiger partial charge < -0.3 is 0 Å². The minimum absolute atomic E-state index is 1.15. The van der Waals surface area contributed by atoms with Crippen LogP contribution in [0.25, 0.3) is 0 Å². The van der Waals surface area contributed by atoms with E-state index in [-0.39, 0.29) is 0 Å². The first-order valence-electron chi connectivity index (χ1n) is 4.35. The van der Waals surface area contributed by atoms with Crippen LogP contribution in [0.3, 0.4) is 0 Å². The molecule has 66 valence electrons. The zero-order chi connectivity index (χ0) is 9.35. The standard InChI is InChI=1S/C7H8N.3CH3.Sn/c1-6-3-4-7(2)8-5-6;;;;/h4-5H,1-2H3;3*1H3;. The summed E-state index contributed by atoms with van der Waals surface area (Å²) in [6.45, 7) is 4.24. The average Bonchev–Trinajstić information content (AvgIpc) is 1.92. The molecular weight excluding hydrogens is 253 g/mol. The summed E-state index contributed by atoms with van der Waals surface area (Å²) in [5.41, 5.74) is 2.53. The second-order valence-corrected chi connectivity index (χ2v) is 18.8. The number of pyridine rings is 1. The Morgan fingerprint density at radius 1 is 1.17 bits per heavy atom. The molecule has 0 saturated heterocycles. The fourth-order valence-corrected chi connectivity index (χ4v) is 6.83. The maximum atomic E-state index is 4.29. The first-order valence-corrected chi connectivity index (χ1v) is 14.3. The van der Waals surface area contributed by atoms with Crippen molar-refractivity contribution in [3.05, 3.63) is 23.5 Å². The number of hydrogen-bond donors (Lipinski definition) is 0. The maximum absolute atomic E-state index is 4.29. The number of nitrogens with zero attached hydrogens (tertiary/aromatic N) is 1. The molecule has 0 amide bonds. The van der Waals surface area contributed by atoms with Crippen LogP contribution in [-0.4, -0.2) is 23.4 Å². The molecule has 0 aromatic carbocycles. The van der Waals surface area contributed by atoms with E-state index in [1.54, 1.807) is 3.58 Å². The van der Waals surface area contributed by atoms with E-state index in [2.05, 4.69) is 39.7 Å². The van der Waals surface area contributed by atoms with E-state index in [4.69, 9.17) is 0 Å². The Bertz CT molecular complexity index is 286. The predicted octanol–water partition coefficient (Wildman–Crippen LogP) is 2.24. The third kappa shape index (κ3) is 2.22. The van der Waals surface area contributed by atoms with Crippen LogP contribution >= 0.6 is 0 Å². The Hall–Kier alpha value is -0.0513. The summed E-state index contributed by atoms with van der Waals surface area (Å²) >= 11 is -1.86. The van der Waals surface area contributed by atoms with Crippen LogP contribution in [0.4, 0.5) is 0 Å². The molecule has 0 N–H and O–H groups in total. The fourth-order valence-electron chi connectivity index (χ4n) is 1.44. The van der Waals surface area contributed by atoms with Crippen LogP contribution in [0.5, 0.6) is 0 Å². The Morgan fingerprint density at radius 2 is 1.75 bits per heavy atom. The van der Waals surface area contributed by atoms with Crippen molar-refractivity contribution in [2.24, 2.45) is 0 Å². The average molecular weight is 270 g/mol. The van der Waals surface area contributed by atoms with Gasteiger partial charge >= 0.3 is 79.1 Å². The quantitative estimate of drug-likeness (QED) is 0.713. The second-order valence-electron chi connectivity index (χ2n) is 4.39. The van der Waals surface area contributed by atoms with Gasteiger partial charge in [0.2, 0.25) is 0 Å². The van der Waals surface area contributed by atoms with Crippen molar-refractivity contribution < 1.29 is 0 Å². The molecule has 2 heteroatoms. The van der Waals surface area contributed by atoms with Gasteiger partial charge in [-0.15, -0.1) is 0 Å². The van der Waals surface area contributed by atoms with Crippen LogP contribution in [0.2, 0.25) is 14.8 Å². The van der Waals surface area contributed by atoms with E-state index in [1.165, 1.54) is 5.56 Å². The zero-order valence-electron chi connectivity index (χ0n) is 8.60. The normalized spacial score (nSPS) is 11.8. The van der Waals surface area contributed by atoms with Crippen LogP contribution in [0, 0.1) is 13.8 Å². The summed E-state index contributed by atoms with van der Waals surface area (Å²) < 4.78 is 1.61. The molecule has 0 fully saturated rings. The predicted molar refractivity (Wildman–Crippen MR) is 56.7 cm³/mol. The third-order valence-corrected chi connectivity index (χ3v) is 8.20. The molecular formula is C10H17NSn. The second kappa shape index (κ2) is 3.36. The Kier molecular flexibility index (Phi) is 2.81. The summed E-state index contributed by atoms with van der Waals surface area (Å²) in [4.78, 5) is 11.6. The number of hydrogen-bond acceptors (Lipinski definition) is 1. The molecule has 1 aromatic rings. The van der Waals surface area contributed by atoms with Crippen LogP contribution in [-0.2, 0) is 0 Å². The molecule has 0 saturated carbocycles. The van der Waals surface area contributed by atoms with Gasteiger partial charge in [0.1, 0.15) is 0 Å². The molecule has 0 radical (unpaired) electrons. The van der Waals surface area contributed by atoms with Crippen molar-refractivity contribution in [3.8, 4) is 0 Å². The molecule has 0 aliphatic carbocycles. The molecule has 1 rings (SSSR count). The third-order valence-electron chi connectivity index (χ3n) is 2.05. The molecule has 0 atom stereocenters. The summed E-state index contributed by atoms with van der Waals surface area (Å²) in [6.07, 6.45) is 2.01. The summed E-state index contributed by atoms with van der Waals surface area (Å²) in [5, 5.41) is 0. The summed E-state index contributed by atoms with van der Waals surface area (Å²) in [7, 11) is 0. The van der Waals surface area contributed by atoms with Crippen molar-refractivity contribution >= 4 is 22.0 Å². The molecule has 0 spiro atoms. The molecule has 1 aromatic heterocycles. The van der Waals surface area contributed by atoms with Crippen LogP contribution < -0.4 is 3.58 Å². The van der Waals surface area contributed by atoms with Gasteiger partial charge in [-0.3, -0.25) is 0 Å². The first kappa shape index (κ1) is 10.0. The summed E-state index contributed by atoms with van der Waals surface area (Å²) in [6, 6.07) is 2.27. The van der Waals surface area contributed by atoms with Crippen molar-refractivity contribution in [3.63, 3.8) is 0 Å². The monoisotopic (exact) mass is 271 g/mol. The molecule has 1 nitrogen and oxygen atoms in total. The molecule has 0 bridgehead atoms. The van der Waals surface area contributed by atoms with E-state index in [0.717, 1.165) is 5.69 Å². The zero-order valence-corrected chi connectivity index (χ0v) is 11.5. The van der Waals surface area contributed by atoms with E-state index < -0.39 is 18.4 Å². The number of aromatic nitrogens is 1. The molecule has 0 aliphatic rings. The van der Waals surface area contributed by atoms with Gasteiger partial charge in [-0.1, -0.05) is 0 Å². The van der Waals surface area contributed by atoms with E-state index in [0.29, 0.717) is 0 Å². The van der Waals surface area contributed by atoms with Crippen LogP contribution in [0.15, 0.2) is 12.3 Å². The van der Waals surface area contributed by atoms with Crippen LogP contribution in [0.1, 0.15) is 11.3 Å². The fraction of sp³-hybridized carbons (Fsp3) is 0.500. The van der Waals surface area contributed by atoms with Gasteiger partial charge in [-0.05, 0) is 0 Å². The van der Waals surface area contributed by atoms with Gasteiger partial charge in [0.15, 0.2) is 0 Å². The Balaban J connectivity index is 3.23. The van der Waals surface area contributed by atoms with Gasteiger partial charge in [0.25, 0.3) is 0 Å². The topological polar surface area (TPSA) is 12.9 Å². The molecule has 0 unspecified atom stereocenters. The Morgan fingerprint density at radius 3 is 2.17 bits per heavy atom. The van der Waals surface area contributed by atoms with E-state index in [1.807, 2.05) is 6.20 Å².